The van der Waals surface area contributed by atoms with Crippen LogP contribution in [-0.4, -0.2) is 19.7 Å². The lowest BCUT2D eigenvalue weighted by Gasteiger charge is -2.15. The van der Waals surface area contributed by atoms with Crippen molar-refractivity contribution in [3.63, 3.8) is 0 Å². The van der Waals surface area contributed by atoms with Crippen LogP contribution in [0.3, 0.4) is 0 Å². The zero-order valence-electron chi connectivity index (χ0n) is 8.79. The van der Waals surface area contributed by atoms with Crippen molar-refractivity contribution in [3.8, 4) is 5.88 Å². The Labute approximate surface area is 81.0 Å². The summed E-state index contributed by atoms with van der Waals surface area (Å²) in [6.07, 6.45) is 0. The third-order valence-corrected chi connectivity index (χ3v) is 3.60. The van der Waals surface area contributed by atoms with Gasteiger partial charge in [0.05, 0.1) is 6.61 Å². The molecule has 0 aromatic carbocycles. The van der Waals surface area contributed by atoms with Gasteiger partial charge in [-0.3, -0.25) is 0 Å². The van der Waals surface area contributed by atoms with E-state index in [0.29, 0.717) is 6.61 Å². The van der Waals surface area contributed by atoms with Crippen LogP contribution in [0.2, 0.25) is 19.6 Å². The maximum Gasteiger partial charge on any atom is 0.213 e. The van der Waals surface area contributed by atoms with Gasteiger partial charge in [-0.15, -0.1) is 0 Å². The van der Waals surface area contributed by atoms with Crippen molar-refractivity contribution >= 4 is 13.4 Å². The van der Waals surface area contributed by atoms with Crippen molar-refractivity contribution < 1.29 is 4.74 Å². The minimum absolute atomic E-state index is 0.683. The molecule has 0 saturated carbocycles. The van der Waals surface area contributed by atoms with Crippen LogP contribution < -0.4 is 10.1 Å². The highest BCUT2D eigenvalue weighted by molar-refractivity contribution is 6.88. The maximum absolute atomic E-state index is 5.35. The molecule has 3 heteroatoms. The largest absolute Gasteiger partial charge is 0.478 e. The van der Waals surface area contributed by atoms with E-state index in [1.807, 2.05) is 19.1 Å². The second-order valence-corrected chi connectivity index (χ2v) is 9.06. The molecule has 0 saturated heterocycles. The van der Waals surface area contributed by atoms with E-state index < -0.39 is 8.07 Å². The van der Waals surface area contributed by atoms with Crippen LogP contribution in [-0.2, 0) is 0 Å². The van der Waals surface area contributed by atoms with Crippen LogP contribution in [0.5, 0.6) is 5.88 Å². The van der Waals surface area contributed by atoms with Gasteiger partial charge in [0.2, 0.25) is 5.88 Å². The van der Waals surface area contributed by atoms with Crippen LogP contribution >= 0.6 is 0 Å². The third kappa shape index (κ3) is 2.84. The number of hydrogen-bond acceptors (Lipinski definition) is 2. The zero-order chi connectivity index (χ0) is 9.90. The lowest BCUT2D eigenvalue weighted by atomic mass is 10.5. The number of ether oxygens (including phenoxy) is 1. The topological polar surface area (TPSA) is 22.1 Å². The Morgan fingerprint density at radius 2 is 2.00 bits per heavy atom. The van der Waals surface area contributed by atoms with Crippen molar-refractivity contribution in [1.82, 2.24) is 4.98 Å². The molecule has 0 bridgehead atoms. The lowest BCUT2D eigenvalue weighted by Crippen LogP contribution is -2.39. The van der Waals surface area contributed by atoms with Gasteiger partial charge in [-0.25, -0.2) is 4.98 Å². The van der Waals surface area contributed by atoms with E-state index in [2.05, 4.69) is 30.7 Å². The minimum Gasteiger partial charge on any atom is -0.478 e. The van der Waals surface area contributed by atoms with E-state index in [9.17, 15) is 0 Å². The van der Waals surface area contributed by atoms with Crippen molar-refractivity contribution in [2.75, 3.05) is 6.61 Å². The van der Waals surface area contributed by atoms with E-state index in [-0.39, 0.29) is 0 Å². The fourth-order valence-corrected chi connectivity index (χ4v) is 2.10. The van der Waals surface area contributed by atoms with Crippen LogP contribution in [0.25, 0.3) is 0 Å². The highest BCUT2D eigenvalue weighted by Gasteiger charge is 2.18. The Hall–Kier alpha value is -0.833. The molecule has 2 nitrogen and oxygen atoms in total. The predicted octanol–water partition coefficient (Wildman–Crippen LogP) is 2.03. The van der Waals surface area contributed by atoms with Crippen LogP contribution in [0.1, 0.15) is 6.92 Å². The molecule has 1 aromatic rings. The summed E-state index contributed by atoms with van der Waals surface area (Å²) in [6, 6.07) is 6.02. The molecule has 0 amide bonds. The standard InChI is InChI=1S/C10H17NOSi/c1-5-12-9-7-6-8-10(11-9)13(2,3)4/h6-8H,5H2,1-4H3. The molecular formula is C10H17NOSi. The van der Waals surface area contributed by atoms with Crippen molar-refractivity contribution in [1.29, 1.82) is 0 Å². The summed E-state index contributed by atoms with van der Waals surface area (Å²) in [6.45, 7) is 9.51. The molecule has 72 valence electrons. The van der Waals surface area contributed by atoms with E-state index in [0.717, 1.165) is 5.88 Å². The van der Waals surface area contributed by atoms with E-state index >= 15 is 0 Å². The normalized spacial score (nSPS) is 11.4. The van der Waals surface area contributed by atoms with Crippen LogP contribution in [0.15, 0.2) is 18.2 Å². The summed E-state index contributed by atoms with van der Waals surface area (Å²) in [5.41, 5.74) is 0. The first-order valence-electron chi connectivity index (χ1n) is 4.64. The molecule has 1 heterocycles. The monoisotopic (exact) mass is 195 g/mol. The second-order valence-electron chi connectivity index (χ2n) is 4.04. The van der Waals surface area contributed by atoms with Crippen molar-refractivity contribution in [2.24, 2.45) is 0 Å². The molecule has 0 aliphatic rings. The number of pyridine rings is 1. The molecule has 1 rings (SSSR count). The first-order chi connectivity index (χ1) is 6.04. The molecule has 0 atom stereocenters. The summed E-state index contributed by atoms with van der Waals surface area (Å²) in [5, 5.41) is 1.21. The molecule has 13 heavy (non-hydrogen) atoms. The maximum atomic E-state index is 5.35. The Morgan fingerprint density at radius 1 is 1.31 bits per heavy atom. The second kappa shape index (κ2) is 3.92. The van der Waals surface area contributed by atoms with Gasteiger partial charge in [0.15, 0.2) is 0 Å². The van der Waals surface area contributed by atoms with E-state index in [1.54, 1.807) is 0 Å². The quantitative estimate of drug-likeness (QED) is 0.688. The number of rotatable bonds is 3. The Bertz CT molecular complexity index is 280. The van der Waals surface area contributed by atoms with E-state index in [4.69, 9.17) is 4.74 Å². The molecule has 0 unspecified atom stereocenters. The molecule has 1 aromatic heterocycles. The van der Waals surface area contributed by atoms with Gasteiger partial charge in [0.25, 0.3) is 0 Å². The van der Waals surface area contributed by atoms with Crippen molar-refractivity contribution in [3.05, 3.63) is 18.2 Å². The lowest BCUT2D eigenvalue weighted by molar-refractivity contribution is 0.327. The summed E-state index contributed by atoms with van der Waals surface area (Å²) in [7, 11) is -1.28. The van der Waals surface area contributed by atoms with Gasteiger partial charge in [0.1, 0.15) is 8.07 Å². The summed E-state index contributed by atoms with van der Waals surface area (Å²) in [5.74, 6) is 0.752. The van der Waals surface area contributed by atoms with Gasteiger partial charge < -0.3 is 4.74 Å². The Kier molecular flexibility index (Phi) is 3.09. The predicted molar refractivity (Wildman–Crippen MR) is 58.4 cm³/mol. The highest BCUT2D eigenvalue weighted by atomic mass is 28.3. The van der Waals surface area contributed by atoms with Crippen molar-refractivity contribution in [2.45, 2.75) is 26.6 Å². The molecule has 0 spiro atoms. The van der Waals surface area contributed by atoms with Gasteiger partial charge >= 0.3 is 0 Å². The molecular weight excluding hydrogens is 178 g/mol. The van der Waals surface area contributed by atoms with Gasteiger partial charge in [-0.05, 0) is 13.0 Å². The smallest absolute Gasteiger partial charge is 0.213 e. The Morgan fingerprint density at radius 3 is 2.54 bits per heavy atom. The number of hydrogen-bond donors (Lipinski definition) is 0. The number of aromatic nitrogens is 1. The summed E-state index contributed by atoms with van der Waals surface area (Å²) < 4.78 is 5.35. The molecule has 0 aliphatic carbocycles. The molecule has 0 radical (unpaired) electrons. The first-order valence-corrected chi connectivity index (χ1v) is 8.14. The average Bonchev–Trinajstić information content (AvgIpc) is 2.04. The number of nitrogens with zero attached hydrogens (tertiary/aromatic N) is 1. The van der Waals surface area contributed by atoms with Crippen LogP contribution in [0, 0.1) is 0 Å². The zero-order valence-corrected chi connectivity index (χ0v) is 9.79. The molecule has 0 fully saturated rings. The average molecular weight is 195 g/mol. The van der Waals surface area contributed by atoms with Gasteiger partial charge in [0, 0.05) is 11.4 Å². The summed E-state index contributed by atoms with van der Waals surface area (Å²) >= 11 is 0. The SMILES string of the molecule is CCOc1cccc([Si](C)(C)C)n1. The Balaban J connectivity index is 2.92. The van der Waals surface area contributed by atoms with Crippen LogP contribution in [0.4, 0.5) is 0 Å². The molecule has 0 N–H and O–H groups in total. The molecule has 0 aliphatic heterocycles. The first kappa shape index (κ1) is 10.2. The van der Waals surface area contributed by atoms with Gasteiger partial charge in [-0.2, -0.15) is 0 Å². The van der Waals surface area contributed by atoms with Gasteiger partial charge in [-0.1, -0.05) is 25.7 Å². The summed E-state index contributed by atoms with van der Waals surface area (Å²) in [4.78, 5) is 4.47. The fourth-order valence-electron chi connectivity index (χ4n) is 1.06. The minimum atomic E-state index is -1.28. The van der Waals surface area contributed by atoms with E-state index in [1.165, 1.54) is 5.32 Å². The highest BCUT2D eigenvalue weighted by Crippen LogP contribution is 2.06. The third-order valence-electron chi connectivity index (χ3n) is 1.78. The fraction of sp³-hybridized carbons (Fsp3) is 0.500.